The van der Waals surface area contributed by atoms with Crippen molar-refractivity contribution in [2.75, 3.05) is 6.54 Å². The molecule has 4 heteroatoms. The molecular weight excluding hydrogens is 332 g/mol. The molecule has 20 heavy (non-hydrogen) atoms. The van der Waals surface area contributed by atoms with Gasteiger partial charge in [-0.1, -0.05) is 48.8 Å². The van der Waals surface area contributed by atoms with Crippen molar-refractivity contribution in [1.29, 1.82) is 0 Å². The summed E-state index contributed by atoms with van der Waals surface area (Å²) in [4.78, 5) is 4.80. The molecule has 1 heterocycles. The van der Waals surface area contributed by atoms with E-state index < -0.39 is 0 Å². The smallest absolute Gasteiger partial charge is 0.114 e. The van der Waals surface area contributed by atoms with E-state index in [1.54, 1.807) is 11.3 Å². The van der Waals surface area contributed by atoms with E-state index in [0.29, 0.717) is 5.92 Å². The van der Waals surface area contributed by atoms with Crippen LogP contribution in [0.1, 0.15) is 54.6 Å². The molecule has 0 aliphatic rings. The Labute approximate surface area is 133 Å². The third kappa shape index (κ3) is 3.48. The van der Waals surface area contributed by atoms with Crippen LogP contribution in [0.15, 0.2) is 28.1 Å². The van der Waals surface area contributed by atoms with Gasteiger partial charge in [0.15, 0.2) is 0 Å². The first kappa shape index (κ1) is 15.7. The van der Waals surface area contributed by atoms with E-state index in [9.17, 15) is 0 Å². The lowest BCUT2D eigenvalue weighted by molar-refractivity contribution is 0.623. The van der Waals surface area contributed by atoms with Crippen LogP contribution in [0.25, 0.3) is 0 Å². The molecule has 0 bridgehead atoms. The van der Waals surface area contributed by atoms with E-state index in [-0.39, 0.29) is 6.04 Å². The summed E-state index contributed by atoms with van der Waals surface area (Å²) >= 11 is 5.36. The van der Waals surface area contributed by atoms with Crippen LogP contribution >= 0.6 is 27.3 Å². The minimum absolute atomic E-state index is 0.175. The van der Waals surface area contributed by atoms with Gasteiger partial charge in [-0.2, -0.15) is 0 Å². The SMILES string of the molecule is CCNC(c1ccc(C)c(Br)c1)c1nc(C(C)C)cs1. The first-order valence-corrected chi connectivity index (χ1v) is 8.65. The second kappa shape index (κ2) is 6.83. The first-order chi connectivity index (χ1) is 9.52. The topological polar surface area (TPSA) is 24.9 Å². The largest absolute Gasteiger partial charge is 0.305 e. The maximum atomic E-state index is 4.80. The highest BCUT2D eigenvalue weighted by Crippen LogP contribution is 2.29. The highest BCUT2D eigenvalue weighted by molar-refractivity contribution is 9.10. The highest BCUT2D eigenvalue weighted by Gasteiger charge is 2.18. The van der Waals surface area contributed by atoms with Crippen molar-refractivity contribution < 1.29 is 0 Å². The predicted molar refractivity (Wildman–Crippen MR) is 90.6 cm³/mol. The Morgan fingerprint density at radius 1 is 1.35 bits per heavy atom. The lowest BCUT2D eigenvalue weighted by atomic mass is 10.1. The predicted octanol–water partition coefficient (Wildman–Crippen LogP) is 5.04. The monoisotopic (exact) mass is 352 g/mol. The van der Waals surface area contributed by atoms with Gasteiger partial charge in [-0.15, -0.1) is 11.3 Å². The molecule has 1 aromatic carbocycles. The number of thiazole rings is 1. The van der Waals surface area contributed by atoms with Gasteiger partial charge in [0, 0.05) is 9.85 Å². The van der Waals surface area contributed by atoms with Gasteiger partial charge in [-0.25, -0.2) is 4.98 Å². The number of benzene rings is 1. The number of hydrogen-bond donors (Lipinski definition) is 1. The van der Waals surface area contributed by atoms with E-state index in [4.69, 9.17) is 4.98 Å². The van der Waals surface area contributed by atoms with Crippen LogP contribution in [0.2, 0.25) is 0 Å². The van der Waals surface area contributed by atoms with Gasteiger partial charge in [-0.05, 0) is 36.6 Å². The third-order valence-electron chi connectivity index (χ3n) is 3.32. The van der Waals surface area contributed by atoms with Gasteiger partial charge in [0.05, 0.1) is 11.7 Å². The fourth-order valence-corrected chi connectivity index (χ4v) is 3.52. The van der Waals surface area contributed by atoms with Crippen LogP contribution in [0.3, 0.4) is 0 Å². The van der Waals surface area contributed by atoms with Gasteiger partial charge in [0.1, 0.15) is 5.01 Å². The number of aromatic nitrogens is 1. The second-order valence-electron chi connectivity index (χ2n) is 5.26. The van der Waals surface area contributed by atoms with Crippen molar-refractivity contribution in [3.8, 4) is 0 Å². The van der Waals surface area contributed by atoms with Gasteiger partial charge in [-0.3, -0.25) is 0 Å². The maximum Gasteiger partial charge on any atom is 0.114 e. The van der Waals surface area contributed by atoms with Crippen molar-refractivity contribution in [2.24, 2.45) is 0 Å². The number of nitrogens with zero attached hydrogens (tertiary/aromatic N) is 1. The lowest BCUT2D eigenvalue weighted by Crippen LogP contribution is -2.22. The summed E-state index contributed by atoms with van der Waals surface area (Å²) in [5, 5.41) is 6.86. The number of rotatable bonds is 5. The average molecular weight is 353 g/mol. The Morgan fingerprint density at radius 2 is 2.10 bits per heavy atom. The van der Waals surface area contributed by atoms with Gasteiger partial charge >= 0.3 is 0 Å². The van der Waals surface area contributed by atoms with Crippen LogP contribution in [-0.2, 0) is 0 Å². The molecule has 1 unspecified atom stereocenters. The highest BCUT2D eigenvalue weighted by atomic mass is 79.9. The van der Waals surface area contributed by atoms with Crippen LogP contribution < -0.4 is 5.32 Å². The summed E-state index contributed by atoms with van der Waals surface area (Å²) in [5.41, 5.74) is 3.69. The number of nitrogens with one attached hydrogen (secondary N) is 1. The minimum Gasteiger partial charge on any atom is -0.305 e. The Balaban J connectivity index is 2.36. The summed E-state index contributed by atoms with van der Waals surface area (Å²) in [6, 6.07) is 6.71. The molecule has 2 rings (SSSR count). The molecule has 0 aliphatic carbocycles. The standard InChI is InChI=1S/C16H21BrN2S/c1-5-18-15(12-7-6-11(4)13(17)8-12)16-19-14(9-20-16)10(2)3/h6-10,15,18H,5H2,1-4H3. The summed E-state index contributed by atoms with van der Waals surface area (Å²) in [6.45, 7) is 9.53. The molecule has 0 spiro atoms. The Kier molecular flexibility index (Phi) is 5.35. The minimum atomic E-state index is 0.175. The van der Waals surface area contributed by atoms with Crippen LogP contribution in [-0.4, -0.2) is 11.5 Å². The van der Waals surface area contributed by atoms with Crippen LogP contribution in [0.5, 0.6) is 0 Å². The average Bonchev–Trinajstić information content (AvgIpc) is 2.89. The zero-order valence-electron chi connectivity index (χ0n) is 12.4. The second-order valence-corrected chi connectivity index (χ2v) is 7.01. The van der Waals surface area contributed by atoms with Crippen molar-refractivity contribution >= 4 is 27.3 Å². The Morgan fingerprint density at radius 3 is 2.65 bits per heavy atom. The molecular formula is C16H21BrN2S. The molecule has 0 aliphatic heterocycles. The molecule has 2 nitrogen and oxygen atoms in total. The molecule has 0 radical (unpaired) electrons. The Bertz CT molecular complexity index is 578. The molecule has 0 saturated heterocycles. The molecule has 0 amide bonds. The van der Waals surface area contributed by atoms with Gasteiger partial charge in [0.2, 0.25) is 0 Å². The van der Waals surface area contributed by atoms with Crippen LogP contribution in [0, 0.1) is 6.92 Å². The molecule has 0 fully saturated rings. The van der Waals surface area contributed by atoms with Crippen molar-refractivity contribution in [3.63, 3.8) is 0 Å². The van der Waals surface area contributed by atoms with Gasteiger partial charge in [0.25, 0.3) is 0 Å². The van der Waals surface area contributed by atoms with E-state index >= 15 is 0 Å². The summed E-state index contributed by atoms with van der Waals surface area (Å²) in [7, 11) is 0. The molecule has 1 aromatic heterocycles. The summed E-state index contributed by atoms with van der Waals surface area (Å²) in [5.74, 6) is 0.479. The number of hydrogen-bond acceptors (Lipinski definition) is 3. The lowest BCUT2D eigenvalue weighted by Gasteiger charge is -2.17. The van der Waals surface area contributed by atoms with Crippen molar-refractivity contribution in [2.45, 2.75) is 39.7 Å². The molecule has 1 atom stereocenters. The molecule has 0 saturated carbocycles. The first-order valence-electron chi connectivity index (χ1n) is 6.97. The fourth-order valence-electron chi connectivity index (χ4n) is 2.04. The zero-order chi connectivity index (χ0) is 14.7. The Hall–Kier alpha value is -0.710. The van der Waals surface area contributed by atoms with Crippen LogP contribution in [0.4, 0.5) is 0 Å². The molecule has 108 valence electrons. The van der Waals surface area contributed by atoms with Crippen molar-refractivity contribution in [1.82, 2.24) is 10.3 Å². The fraction of sp³-hybridized carbons (Fsp3) is 0.438. The molecule has 1 N–H and O–H groups in total. The summed E-state index contributed by atoms with van der Waals surface area (Å²) < 4.78 is 1.15. The zero-order valence-corrected chi connectivity index (χ0v) is 14.8. The number of aryl methyl sites for hydroxylation is 1. The quantitative estimate of drug-likeness (QED) is 0.815. The summed E-state index contributed by atoms with van der Waals surface area (Å²) in [6.07, 6.45) is 0. The van der Waals surface area contributed by atoms with Crippen molar-refractivity contribution in [3.05, 3.63) is 49.9 Å². The van der Waals surface area contributed by atoms with E-state index in [0.717, 1.165) is 16.0 Å². The van der Waals surface area contributed by atoms with E-state index in [1.165, 1.54) is 16.8 Å². The van der Waals surface area contributed by atoms with Gasteiger partial charge < -0.3 is 5.32 Å². The normalized spacial score (nSPS) is 12.9. The third-order valence-corrected chi connectivity index (χ3v) is 5.10. The van der Waals surface area contributed by atoms with E-state index in [2.05, 4.69) is 72.5 Å². The number of halogens is 1. The molecule has 2 aromatic rings. The maximum absolute atomic E-state index is 4.80. The van der Waals surface area contributed by atoms with E-state index in [1.807, 2.05) is 0 Å².